The van der Waals surface area contributed by atoms with Crippen LogP contribution in [0.15, 0.2) is 52.9 Å². The zero-order chi connectivity index (χ0) is 16.9. The average Bonchev–Trinajstić information content (AvgIpc) is 3.01. The zero-order valence-corrected chi connectivity index (χ0v) is 13.5. The molecule has 3 rings (SSSR count). The quantitative estimate of drug-likeness (QED) is 0.502. The fourth-order valence-electron chi connectivity index (χ4n) is 2.17. The minimum absolute atomic E-state index is 0.0979. The smallest absolute Gasteiger partial charge is 0.306 e. The number of Topliss-reactive ketones (excluding diaryl/α,β-unsaturated/α-hetero) is 1. The van der Waals surface area contributed by atoms with E-state index in [0.29, 0.717) is 28.5 Å². The molecule has 6 heteroatoms. The number of nitrogens with zero attached hydrogens (tertiary/aromatic N) is 1. The SMILES string of the molecule is O=C(CCc1nc2ccccc2o1)OCC(=O)c1ccc(Cl)cc1. The summed E-state index contributed by atoms with van der Waals surface area (Å²) in [6.07, 6.45) is 0.420. The third-order valence-electron chi connectivity index (χ3n) is 3.41. The maximum absolute atomic E-state index is 11.9. The molecule has 24 heavy (non-hydrogen) atoms. The predicted molar refractivity (Wildman–Crippen MR) is 89.1 cm³/mol. The predicted octanol–water partition coefficient (Wildman–Crippen LogP) is 3.84. The maximum Gasteiger partial charge on any atom is 0.306 e. The Hall–Kier alpha value is -2.66. The summed E-state index contributed by atoms with van der Waals surface area (Å²) in [4.78, 5) is 27.9. The molecule has 0 bridgehead atoms. The van der Waals surface area contributed by atoms with Crippen LogP contribution in [-0.4, -0.2) is 23.3 Å². The average molecular weight is 344 g/mol. The van der Waals surface area contributed by atoms with Crippen molar-refractivity contribution < 1.29 is 18.7 Å². The molecule has 5 nitrogen and oxygen atoms in total. The van der Waals surface area contributed by atoms with Crippen molar-refractivity contribution in [2.45, 2.75) is 12.8 Å². The molecule has 0 fully saturated rings. The van der Waals surface area contributed by atoms with Gasteiger partial charge in [-0.1, -0.05) is 23.7 Å². The van der Waals surface area contributed by atoms with Crippen LogP contribution in [0.4, 0.5) is 0 Å². The number of esters is 1. The second kappa shape index (κ2) is 7.27. The van der Waals surface area contributed by atoms with Gasteiger partial charge in [-0.3, -0.25) is 9.59 Å². The van der Waals surface area contributed by atoms with Crippen molar-refractivity contribution in [1.29, 1.82) is 0 Å². The molecule has 0 radical (unpaired) electrons. The Balaban J connectivity index is 1.48. The van der Waals surface area contributed by atoms with Gasteiger partial charge >= 0.3 is 5.97 Å². The van der Waals surface area contributed by atoms with Crippen molar-refractivity contribution in [1.82, 2.24) is 4.98 Å². The third kappa shape index (κ3) is 4.00. The summed E-state index contributed by atoms with van der Waals surface area (Å²) in [5, 5.41) is 0.543. The molecule has 0 aliphatic carbocycles. The number of halogens is 1. The van der Waals surface area contributed by atoms with Gasteiger partial charge in [-0.2, -0.15) is 0 Å². The lowest BCUT2D eigenvalue weighted by molar-refractivity contribution is -0.142. The Labute approximate surface area is 143 Å². The van der Waals surface area contributed by atoms with Crippen molar-refractivity contribution >= 4 is 34.5 Å². The third-order valence-corrected chi connectivity index (χ3v) is 3.66. The van der Waals surface area contributed by atoms with Crippen LogP contribution in [0.5, 0.6) is 0 Å². The van der Waals surface area contributed by atoms with E-state index in [9.17, 15) is 9.59 Å². The number of fused-ring (bicyclic) bond motifs is 1. The number of hydrogen-bond donors (Lipinski definition) is 0. The molecule has 122 valence electrons. The standard InChI is InChI=1S/C18H14ClNO4/c19-13-7-5-12(6-8-13)15(21)11-23-18(22)10-9-17-20-14-3-1-2-4-16(14)24-17/h1-8H,9-11H2. The molecule has 0 saturated heterocycles. The van der Waals surface area contributed by atoms with Crippen molar-refractivity contribution in [3.63, 3.8) is 0 Å². The van der Waals surface area contributed by atoms with Crippen LogP contribution in [0.2, 0.25) is 5.02 Å². The number of rotatable bonds is 6. The van der Waals surface area contributed by atoms with Crippen molar-refractivity contribution in [2.75, 3.05) is 6.61 Å². The lowest BCUT2D eigenvalue weighted by Crippen LogP contribution is -2.14. The molecule has 0 saturated carbocycles. The second-order valence-corrected chi connectivity index (χ2v) is 5.60. The largest absolute Gasteiger partial charge is 0.457 e. The number of carbonyl (C=O) groups is 2. The first-order valence-electron chi connectivity index (χ1n) is 7.40. The summed E-state index contributed by atoms with van der Waals surface area (Å²) >= 11 is 5.76. The molecule has 3 aromatic rings. The van der Waals surface area contributed by atoms with E-state index in [1.807, 2.05) is 24.3 Å². The number of hydrogen-bond acceptors (Lipinski definition) is 5. The van der Waals surface area contributed by atoms with Crippen LogP contribution in [0.25, 0.3) is 11.1 Å². The van der Waals surface area contributed by atoms with E-state index in [-0.39, 0.29) is 18.8 Å². The summed E-state index contributed by atoms with van der Waals surface area (Å²) in [5.41, 5.74) is 1.88. The molecule has 1 heterocycles. The van der Waals surface area contributed by atoms with Gasteiger partial charge in [0, 0.05) is 17.0 Å². The van der Waals surface area contributed by atoms with Gasteiger partial charge in [0.05, 0.1) is 6.42 Å². The van der Waals surface area contributed by atoms with Gasteiger partial charge < -0.3 is 9.15 Å². The molecule has 0 aliphatic rings. The van der Waals surface area contributed by atoms with Gasteiger partial charge in [-0.25, -0.2) is 4.98 Å². The van der Waals surface area contributed by atoms with Crippen LogP contribution in [0.3, 0.4) is 0 Å². The number of aromatic nitrogens is 1. The van der Waals surface area contributed by atoms with Crippen LogP contribution in [0.1, 0.15) is 22.7 Å². The first-order chi connectivity index (χ1) is 11.6. The molecule has 0 N–H and O–H groups in total. The summed E-state index contributed by atoms with van der Waals surface area (Å²) in [6, 6.07) is 13.8. The van der Waals surface area contributed by atoms with Gasteiger partial charge in [0.1, 0.15) is 5.52 Å². The van der Waals surface area contributed by atoms with E-state index in [4.69, 9.17) is 20.8 Å². The van der Waals surface area contributed by atoms with Crippen molar-refractivity contribution in [3.05, 3.63) is 65.0 Å². The zero-order valence-electron chi connectivity index (χ0n) is 12.7. The maximum atomic E-state index is 11.9. The monoisotopic (exact) mass is 343 g/mol. The number of carbonyl (C=O) groups excluding carboxylic acids is 2. The van der Waals surface area contributed by atoms with E-state index >= 15 is 0 Å². The van der Waals surface area contributed by atoms with E-state index in [2.05, 4.69) is 4.98 Å². The lowest BCUT2D eigenvalue weighted by atomic mass is 10.1. The highest BCUT2D eigenvalue weighted by Crippen LogP contribution is 2.16. The Morgan fingerprint density at radius 3 is 2.58 bits per heavy atom. The van der Waals surface area contributed by atoms with E-state index < -0.39 is 5.97 Å². The highest BCUT2D eigenvalue weighted by atomic mass is 35.5. The number of ketones is 1. The Morgan fingerprint density at radius 1 is 1.08 bits per heavy atom. The van der Waals surface area contributed by atoms with E-state index in [0.717, 1.165) is 5.52 Å². The van der Waals surface area contributed by atoms with Gasteiger partial charge in [0.15, 0.2) is 23.9 Å². The Bertz CT molecular complexity index is 837. The van der Waals surface area contributed by atoms with Crippen molar-refractivity contribution in [2.24, 2.45) is 0 Å². The molecular weight excluding hydrogens is 330 g/mol. The first-order valence-corrected chi connectivity index (χ1v) is 7.78. The summed E-state index contributed by atoms with van der Waals surface area (Å²) in [7, 11) is 0. The molecular formula is C18H14ClNO4. The molecule has 2 aromatic carbocycles. The normalized spacial score (nSPS) is 10.7. The number of para-hydroxylation sites is 2. The highest BCUT2D eigenvalue weighted by Gasteiger charge is 2.12. The second-order valence-electron chi connectivity index (χ2n) is 5.17. The van der Waals surface area contributed by atoms with Crippen molar-refractivity contribution in [3.8, 4) is 0 Å². The van der Waals surface area contributed by atoms with Gasteiger partial charge in [0.25, 0.3) is 0 Å². The minimum atomic E-state index is -0.473. The highest BCUT2D eigenvalue weighted by molar-refractivity contribution is 6.30. The number of oxazole rings is 1. The van der Waals surface area contributed by atoms with E-state index in [1.165, 1.54) is 0 Å². The lowest BCUT2D eigenvalue weighted by Gasteiger charge is -2.03. The molecule has 0 unspecified atom stereocenters. The molecule has 1 aromatic heterocycles. The van der Waals surface area contributed by atoms with Crippen LogP contribution in [-0.2, 0) is 16.0 Å². The minimum Gasteiger partial charge on any atom is -0.457 e. The van der Waals surface area contributed by atoms with Gasteiger partial charge in [0.2, 0.25) is 0 Å². The first kappa shape index (κ1) is 16.2. The number of ether oxygens (including phenoxy) is 1. The fraction of sp³-hybridized carbons (Fsp3) is 0.167. The summed E-state index contributed by atoms with van der Waals surface area (Å²) < 4.78 is 10.5. The molecule has 0 spiro atoms. The number of benzene rings is 2. The summed E-state index contributed by atoms with van der Waals surface area (Å²) in [6.45, 7) is -0.298. The van der Waals surface area contributed by atoms with Gasteiger partial charge in [-0.05, 0) is 36.4 Å². The number of aryl methyl sites for hydroxylation is 1. The van der Waals surface area contributed by atoms with Crippen LogP contribution in [0, 0.1) is 0 Å². The molecule has 0 amide bonds. The van der Waals surface area contributed by atoms with E-state index in [1.54, 1.807) is 24.3 Å². The fourth-order valence-corrected chi connectivity index (χ4v) is 2.30. The Kier molecular flexibility index (Phi) is 4.91. The Morgan fingerprint density at radius 2 is 1.83 bits per heavy atom. The molecule has 0 atom stereocenters. The summed E-state index contributed by atoms with van der Waals surface area (Å²) in [5.74, 6) is -0.279. The van der Waals surface area contributed by atoms with Crippen LogP contribution >= 0.6 is 11.6 Å². The van der Waals surface area contributed by atoms with Gasteiger partial charge in [-0.15, -0.1) is 0 Å². The molecule has 0 aliphatic heterocycles. The van der Waals surface area contributed by atoms with Crippen LogP contribution < -0.4 is 0 Å². The topological polar surface area (TPSA) is 69.4 Å².